The van der Waals surface area contributed by atoms with E-state index >= 15 is 0 Å². The van der Waals surface area contributed by atoms with Gasteiger partial charge >= 0.3 is 0 Å². The number of anilines is 1. The molecule has 2 N–H and O–H groups in total. The summed E-state index contributed by atoms with van der Waals surface area (Å²) in [5, 5.41) is 7.70. The van der Waals surface area contributed by atoms with Crippen LogP contribution in [0.1, 0.15) is 12.5 Å². The standard InChI is InChI=1S/C14H22ClN3/c1-11-9-13(15)3-4-14(11)17-10-12(2)18-7-5-16-6-8-18/h3-4,9,12,16-17H,5-8,10H2,1-2H3. The Balaban J connectivity index is 1.86. The van der Waals surface area contributed by atoms with Gasteiger partial charge in [0.15, 0.2) is 0 Å². The van der Waals surface area contributed by atoms with E-state index in [4.69, 9.17) is 11.6 Å². The first-order valence-electron chi connectivity index (χ1n) is 6.61. The molecule has 0 amide bonds. The van der Waals surface area contributed by atoms with Crippen LogP contribution >= 0.6 is 11.6 Å². The van der Waals surface area contributed by atoms with Crippen LogP contribution in [0.3, 0.4) is 0 Å². The first-order chi connectivity index (χ1) is 8.66. The van der Waals surface area contributed by atoms with Gasteiger partial charge in [-0.05, 0) is 37.6 Å². The predicted octanol–water partition coefficient (Wildman–Crippen LogP) is 2.35. The fourth-order valence-corrected chi connectivity index (χ4v) is 2.56. The lowest BCUT2D eigenvalue weighted by Gasteiger charge is -2.33. The highest BCUT2D eigenvalue weighted by Crippen LogP contribution is 2.19. The lowest BCUT2D eigenvalue weighted by atomic mass is 10.2. The van der Waals surface area contributed by atoms with E-state index in [1.807, 2.05) is 12.1 Å². The molecule has 1 unspecified atom stereocenters. The van der Waals surface area contributed by atoms with Crippen LogP contribution in [0.4, 0.5) is 5.69 Å². The Hall–Kier alpha value is -0.770. The van der Waals surface area contributed by atoms with Crippen LogP contribution in [0.5, 0.6) is 0 Å². The molecule has 1 aliphatic rings. The molecule has 100 valence electrons. The maximum Gasteiger partial charge on any atom is 0.0410 e. The predicted molar refractivity (Wildman–Crippen MR) is 78.6 cm³/mol. The van der Waals surface area contributed by atoms with Gasteiger partial charge in [-0.25, -0.2) is 0 Å². The molecule has 0 spiro atoms. The Bertz CT molecular complexity index is 389. The van der Waals surface area contributed by atoms with Crippen LogP contribution in [-0.4, -0.2) is 43.7 Å². The van der Waals surface area contributed by atoms with Crippen molar-refractivity contribution in [3.05, 3.63) is 28.8 Å². The van der Waals surface area contributed by atoms with Gasteiger partial charge in [-0.15, -0.1) is 0 Å². The van der Waals surface area contributed by atoms with E-state index in [-0.39, 0.29) is 0 Å². The molecule has 4 heteroatoms. The second-order valence-electron chi connectivity index (χ2n) is 4.98. The summed E-state index contributed by atoms with van der Waals surface area (Å²) in [6.07, 6.45) is 0. The van der Waals surface area contributed by atoms with Gasteiger partial charge in [-0.1, -0.05) is 11.6 Å². The molecule has 0 saturated carbocycles. The summed E-state index contributed by atoms with van der Waals surface area (Å²) in [4.78, 5) is 2.52. The van der Waals surface area contributed by atoms with Crippen molar-refractivity contribution >= 4 is 17.3 Å². The molecule has 1 aromatic carbocycles. The summed E-state index contributed by atoms with van der Waals surface area (Å²) in [6, 6.07) is 6.55. The highest BCUT2D eigenvalue weighted by atomic mass is 35.5. The van der Waals surface area contributed by atoms with Crippen LogP contribution < -0.4 is 10.6 Å². The molecule has 3 nitrogen and oxygen atoms in total. The molecule has 1 fully saturated rings. The van der Waals surface area contributed by atoms with E-state index in [9.17, 15) is 0 Å². The number of nitrogens with zero attached hydrogens (tertiary/aromatic N) is 1. The first-order valence-corrected chi connectivity index (χ1v) is 6.99. The maximum atomic E-state index is 5.96. The molecule has 0 aromatic heterocycles. The van der Waals surface area contributed by atoms with Gasteiger partial charge in [0.25, 0.3) is 0 Å². The van der Waals surface area contributed by atoms with Crippen molar-refractivity contribution in [2.75, 3.05) is 38.0 Å². The van der Waals surface area contributed by atoms with Crippen LogP contribution in [0.15, 0.2) is 18.2 Å². The van der Waals surface area contributed by atoms with E-state index in [1.165, 1.54) is 11.3 Å². The number of hydrogen-bond donors (Lipinski definition) is 2. The van der Waals surface area contributed by atoms with Gasteiger partial charge in [0.05, 0.1) is 0 Å². The second-order valence-corrected chi connectivity index (χ2v) is 5.41. The van der Waals surface area contributed by atoms with Crippen molar-refractivity contribution < 1.29 is 0 Å². The average molecular weight is 268 g/mol. The minimum atomic E-state index is 0.558. The molecule has 1 heterocycles. The van der Waals surface area contributed by atoms with E-state index in [0.717, 1.165) is 37.7 Å². The van der Waals surface area contributed by atoms with Crippen molar-refractivity contribution in [1.29, 1.82) is 0 Å². The Kier molecular flexibility index (Phi) is 4.87. The SMILES string of the molecule is Cc1cc(Cl)ccc1NCC(C)N1CCNCC1. The Morgan fingerprint density at radius 3 is 2.78 bits per heavy atom. The Morgan fingerprint density at radius 2 is 2.11 bits per heavy atom. The molecule has 1 aromatic rings. The van der Waals surface area contributed by atoms with Crippen LogP contribution in [0.25, 0.3) is 0 Å². The van der Waals surface area contributed by atoms with Crippen molar-refractivity contribution in [3.63, 3.8) is 0 Å². The Labute approximate surface area is 115 Å². The van der Waals surface area contributed by atoms with Crippen LogP contribution in [0.2, 0.25) is 5.02 Å². The zero-order valence-electron chi connectivity index (χ0n) is 11.2. The smallest absolute Gasteiger partial charge is 0.0410 e. The quantitative estimate of drug-likeness (QED) is 0.877. The molecular weight excluding hydrogens is 246 g/mol. The van der Waals surface area contributed by atoms with E-state index < -0.39 is 0 Å². The van der Waals surface area contributed by atoms with Gasteiger partial charge in [0.1, 0.15) is 0 Å². The molecule has 18 heavy (non-hydrogen) atoms. The summed E-state index contributed by atoms with van der Waals surface area (Å²) in [5.41, 5.74) is 2.39. The van der Waals surface area contributed by atoms with Gasteiger partial charge in [0.2, 0.25) is 0 Å². The third-order valence-corrected chi connectivity index (χ3v) is 3.79. The largest absolute Gasteiger partial charge is 0.383 e. The van der Waals surface area contributed by atoms with Crippen LogP contribution in [-0.2, 0) is 0 Å². The first kappa shape index (κ1) is 13.7. The minimum Gasteiger partial charge on any atom is -0.383 e. The molecule has 0 radical (unpaired) electrons. The molecule has 0 bridgehead atoms. The summed E-state index contributed by atoms with van der Waals surface area (Å²) in [7, 11) is 0. The molecule has 1 aliphatic heterocycles. The molecule has 1 atom stereocenters. The number of aryl methyl sites for hydroxylation is 1. The van der Waals surface area contributed by atoms with Gasteiger partial charge in [-0.2, -0.15) is 0 Å². The second kappa shape index (κ2) is 6.41. The van der Waals surface area contributed by atoms with E-state index in [1.54, 1.807) is 0 Å². The average Bonchev–Trinajstić information content (AvgIpc) is 2.38. The number of nitrogens with one attached hydrogen (secondary N) is 2. The minimum absolute atomic E-state index is 0.558. The van der Waals surface area contributed by atoms with Gasteiger partial charge in [-0.3, -0.25) is 4.90 Å². The fraction of sp³-hybridized carbons (Fsp3) is 0.571. The molecule has 0 aliphatic carbocycles. The highest BCUT2D eigenvalue weighted by Gasteiger charge is 2.15. The van der Waals surface area contributed by atoms with Crippen LogP contribution in [0, 0.1) is 6.92 Å². The topological polar surface area (TPSA) is 27.3 Å². The summed E-state index contributed by atoms with van der Waals surface area (Å²) in [5.74, 6) is 0. The fourth-order valence-electron chi connectivity index (χ4n) is 2.34. The zero-order valence-corrected chi connectivity index (χ0v) is 11.9. The summed E-state index contributed by atoms with van der Waals surface area (Å²) < 4.78 is 0. The lowest BCUT2D eigenvalue weighted by Crippen LogP contribution is -2.49. The lowest BCUT2D eigenvalue weighted by molar-refractivity contribution is 0.191. The number of piperazine rings is 1. The van der Waals surface area contributed by atoms with Gasteiger partial charge in [0, 0.05) is 49.5 Å². The number of benzene rings is 1. The van der Waals surface area contributed by atoms with Crippen molar-refractivity contribution in [3.8, 4) is 0 Å². The van der Waals surface area contributed by atoms with Gasteiger partial charge < -0.3 is 10.6 Å². The Morgan fingerprint density at radius 1 is 1.39 bits per heavy atom. The normalized spacial score (nSPS) is 18.6. The summed E-state index contributed by atoms with van der Waals surface area (Å²) in [6.45, 7) is 9.83. The van der Waals surface area contributed by atoms with Crippen molar-refractivity contribution in [2.24, 2.45) is 0 Å². The number of halogens is 1. The van der Waals surface area contributed by atoms with Crippen molar-refractivity contribution in [1.82, 2.24) is 10.2 Å². The van der Waals surface area contributed by atoms with E-state index in [0.29, 0.717) is 6.04 Å². The maximum absolute atomic E-state index is 5.96. The number of rotatable bonds is 4. The highest BCUT2D eigenvalue weighted by molar-refractivity contribution is 6.30. The third-order valence-electron chi connectivity index (χ3n) is 3.55. The zero-order chi connectivity index (χ0) is 13.0. The molecular formula is C14H22ClN3. The monoisotopic (exact) mass is 267 g/mol. The molecule has 1 saturated heterocycles. The summed E-state index contributed by atoms with van der Waals surface area (Å²) >= 11 is 5.96. The van der Waals surface area contributed by atoms with Crippen molar-refractivity contribution in [2.45, 2.75) is 19.9 Å². The molecule has 2 rings (SSSR count). The van der Waals surface area contributed by atoms with E-state index in [2.05, 4.69) is 35.4 Å². The third kappa shape index (κ3) is 3.61. The number of hydrogen-bond acceptors (Lipinski definition) is 3.